The molecule has 5 heteroatoms. The minimum Gasteiger partial charge on any atom is -0.505 e. The van der Waals surface area contributed by atoms with E-state index in [0.29, 0.717) is 18.6 Å². The number of phenols is 1. The second-order valence-corrected chi connectivity index (χ2v) is 3.33. The van der Waals surface area contributed by atoms with Crippen LogP contribution in [-0.4, -0.2) is 17.8 Å². The van der Waals surface area contributed by atoms with Crippen LogP contribution < -0.4 is 5.32 Å². The summed E-state index contributed by atoms with van der Waals surface area (Å²) < 4.78 is 17.7. The van der Waals surface area contributed by atoms with Gasteiger partial charge in [-0.25, -0.2) is 9.18 Å². The lowest BCUT2D eigenvalue weighted by Crippen LogP contribution is -2.35. The van der Waals surface area contributed by atoms with Crippen LogP contribution in [0.2, 0.25) is 0 Å². The minimum absolute atomic E-state index is 0.249. The van der Waals surface area contributed by atoms with E-state index in [0.717, 1.165) is 0 Å². The van der Waals surface area contributed by atoms with Crippen molar-refractivity contribution in [2.24, 2.45) is 0 Å². The average Bonchev–Trinajstić information content (AvgIpc) is 2.22. The number of benzene rings is 1. The van der Waals surface area contributed by atoms with E-state index in [2.05, 4.69) is 5.32 Å². The monoisotopic (exact) mass is 211 g/mol. The first-order valence-electron chi connectivity index (χ1n) is 4.58. The Morgan fingerprint density at radius 2 is 2.33 bits per heavy atom. The lowest BCUT2D eigenvalue weighted by atomic mass is 10.0. The third-order valence-corrected chi connectivity index (χ3v) is 2.31. The molecule has 0 aliphatic carbocycles. The van der Waals surface area contributed by atoms with Gasteiger partial charge in [0.25, 0.3) is 0 Å². The van der Waals surface area contributed by atoms with Crippen LogP contribution in [0.3, 0.4) is 0 Å². The summed E-state index contributed by atoms with van der Waals surface area (Å²) in [6.45, 7) is 0.318. The number of phenolic OH excluding ortho intramolecular Hbond substituents is 1. The van der Waals surface area contributed by atoms with Gasteiger partial charge >= 0.3 is 6.09 Å². The van der Waals surface area contributed by atoms with Crippen LogP contribution in [0.1, 0.15) is 18.0 Å². The van der Waals surface area contributed by atoms with Gasteiger partial charge in [0.2, 0.25) is 0 Å². The Balaban J connectivity index is 2.21. The van der Waals surface area contributed by atoms with Gasteiger partial charge in [0.1, 0.15) is 0 Å². The van der Waals surface area contributed by atoms with E-state index in [1.807, 2.05) is 0 Å². The fourth-order valence-corrected chi connectivity index (χ4v) is 1.52. The fraction of sp³-hybridized carbons (Fsp3) is 0.300. The molecule has 1 aliphatic heterocycles. The maximum absolute atomic E-state index is 13.0. The number of hydrogen-bond acceptors (Lipinski definition) is 3. The number of hydrogen-bond donors (Lipinski definition) is 2. The predicted octanol–water partition coefficient (Wildman–Crippen LogP) is 1.70. The Kier molecular flexibility index (Phi) is 2.45. The summed E-state index contributed by atoms with van der Waals surface area (Å²) >= 11 is 0. The van der Waals surface area contributed by atoms with Gasteiger partial charge < -0.3 is 15.2 Å². The molecule has 1 saturated heterocycles. The molecule has 1 amide bonds. The number of amides is 1. The maximum Gasteiger partial charge on any atom is 0.407 e. The van der Waals surface area contributed by atoms with Crippen LogP contribution in [0.15, 0.2) is 18.2 Å². The first-order chi connectivity index (χ1) is 7.16. The first-order valence-corrected chi connectivity index (χ1v) is 4.58. The van der Waals surface area contributed by atoms with Crippen molar-refractivity contribution < 1.29 is 19.0 Å². The quantitative estimate of drug-likeness (QED) is 0.743. The molecular formula is C10H10FNO3. The highest BCUT2D eigenvalue weighted by molar-refractivity contribution is 5.68. The van der Waals surface area contributed by atoms with Crippen LogP contribution in [0, 0.1) is 5.82 Å². The fourth-order valence-electron chi connectivity index (χ4n) is 1.52. The standard InChI is InChI=1S/C10H10FNO3/c11-7-5-6(1-2-9(7)13)8-3-4-15-10(14)12-8/h1-2,5,8,13H,3-4H2,(H,12,14)/t8-/m1/s1. The molecule has 0 spiro atoms. The lowest BCUT2D eigenvalue weighted by molar-refractivity contribution is 0.115. The van der Waals surface area contributed by atoms with Crippen molar-refractivity contribution in [3.8, 4) is 5.75 Å². The third-order valence-electron chi connectivity index (χ3n) is 2.31. The molecule has 1 aromatic rings. The van der Waals surface area contributed by atoms with E-state index in [1.54, 1.807) is 6.07 Å². The Labute approximate surface area is 85.7 Å². The molecule has 15 heavy (non-hydrogen) atoms. The van der Waals surface area contributed by atoms with Crippen molar-refractivity contribution in [2.75, 3.05) is 6.61 Å². The molecule has 0 bridgehead atoms. The summed E-state index contributed by atoms with van der Waals surface area (Å²) in [4.78, 5) is 10.9. The first kappa shape index (κ1) is 9.76. The SMILES string of the molecule is O=C1N[C@@H](c2ccc(O)c(F)c2)CCO1. The molecule has 0 aromatic heterocycles. The average molecular weight is 211 g/mol. The van der Waals surface area contributed by atoms with Gasteiger partial charge in [0, 0.05) is 6.42 Å². The zero-order valence-corrected chi connectivity index (χ0v) is 7.87. The highest BCUT2D eigenvalue weighted by atomic mass is 19.1. The van der Waals surface area contributed by atoms with Crippen molar-refractivity contribution in [3.05, 3.63) is 29.6 Å². The van der Waals surface area contributed by atoms with Crippen LogP contribution in [0.5, 0.6) is 5.75 Å². The van der Waals surface area contributed by atoms with E-state index < -0.39 is 17.7 Å². The van der Waals surface area contributed by atoms with Crippen molar-refractivity contribution in [1.29, 1.82) is 0 Å². The molecule has 2 N–H and O–H groups in total. The summed E-state index contributed by atoms with van der Waals surface area (Å²) in [5, 5.41) is 11.6. The number of nitrogens with one attached hydrogen (secondary N) is 1. The Bertz CT molecular complexity index is 394. The highest BCUT2D eigenvalue weighted by Crippen LogP contribution is 2.24. The number of halogens is 1. The van der Waals surface area contributed by atoms with Crippen LogP contribution in [0.4, 0.5) is 9.18 Å². The smallest absolute Gasteiger partial charge is 0.407 e. The van der Waals surface area contributed by atoms with E-state index in [9.17, 15) is 9.18 Å². The van der Waals surface area contributed by atoms with Gasteiger partial charge in [0.05, 0.1) is 12.6 Å². The molecule has 1 aliphatic rings. The number of alkyl carbamates (subject to hydrolysis) is 1. The molecule has 0 radical (unpaired) electrons. The second kappa shape index (κ2) is 3.76. The van der Waals surface area contributed by atoms with Gasteiger partial charge in [-0.2, -0.15) is 0 Å². The number of rotatable bonds is 1. The molecule has 1 fully saturated rings. The van der Waals surface area contributed by atoms with Gasteiger partial charge in [-0.15, -0.1) is 0 Å². The number of cyclic esters (lactones) is 1. The molecule has 80 valence electrons. The van der Waals surface area contributed by atoms with Gasteiger partial charge in [-0.05, 0) is 17.7 Å². The maximum atomic E-state index is 13.0. The largest absolute Gasteiger partial charge is 0.505 e. The zero-order chi connectivity index (χ0) is 10.8. The molecule has 4 nitrogen and oxygen atoms in total. The Morgan fingerprint density at radius 3 is 3.00 bits per heavy atom. The number of carbonyl (C=O) groups is 1. The predicted molar refractivity (Wildman–Crippen MR) is 49.9 cm³/mol. The number of aromatic hydroxyl groups is 1. The van der Waals surface area contributed by atoms with Crippen LogP contribution in [0.25, 0.3) is 0 Å². The summed E-state index contributed by atoms with van der Waals surface area (Å²) in [5.41, 5.74) is 0.627. The van der Waals surface area contributed by atoms with E-state index in [4.69, 9.17) is 9.84 Å². The topological polar surface area (TPSA) is 58.6 Å². The summed E-state index contributed by atoms with van der Waals surface area (Å²) in [7, 11) is 0. The van der Waals surface area contributed by atoms with Gasteiger partial charge in [0.15, 0.2) is 11.6 Å². The molecule has 2 rings (SSSR count). The van der Waals surface area contributed by atoms with Crippen molar-refractivity contribution in [1.82, 2.24) is 5.32 Å². The molecule has 1 heterocycles. The summed E-state index contributed by atoms with van der Waals surface area (Å²) in [6, 6.07) is 3.81. The zero-order valence-electron chi connectivity index (χ0n) is 7.87. The second-order valence-electron chi connectivity index (χ2n) is 3.33. The molecular weight excluding hydrogens is 201 g/mol. The van der Waals surface area contributed by atoms with Crippen LogP contribution >= 0.6 is 0 Å². The number of carbonyl (C=O) groups excluding carboxylic acids is 1. The van der Waals surface area contributed by atoms with Crippen molar-refractivity contribution in [3.63, 3.8) is 0 Å². The molecule has 0 unspecified atom stereocenters. The van der Waals surface area contributed by atoms with Crippen molar-refractivity contribution >= 4 is 6.09 Å². The molecule has 0 saturated carbocycles. The lowest BCUT2D eigenvalue weighted by Gasteiger charge is -2.23. The molecule has 1 atom stereocenters. The Morgan fingerprint density at radius 1 is 1.53 bits per heavy atom. The van der Waals surface area contributed by atoms with Gasteiger partial charge in [-0.3, -0.25) is 0 Å². The van der Waals surface area contributed by atoms with E-state index >= 15 is 0 Å². The van der Waals surface area contributed by atoms with Gasteiger partial charge in [-0.1, -0.05) is 6.07 Å². The van der Waals surface area contributed by atoms with Crippen molar-refractivity contribution in [2.45, 2.75) is 12.5 Å². The highest BCUT2D eigenvalue weighted by Gasteiger charge is 2.21. The van der Waals surface area contributed by atoms with E-state index in [1.165, 1.54) is 12.1 Å². The Hall–Kier alpha value is -1.78. The minimum atomic E-state index is -0.687. The summed E-state index contributed by atoms with van der Waals surface area (Å²) in [6.07, 6.45) is 0.0930. The number of ether oxygens (including phenoxy) is 1. The summed E-state index contributed by atoms with van der Waals surface area (Å²) in [5.74, 6) is -1.08. The van der Waals surface area contributed by atoms with Crippen LogP contribution in [-0.2, 0) is 4.74 Å². The third kappa shape index (κ3) is 2.01. The van der Waals surface area contributed by atoms with E-state index in [-0.39, 0.29) is 6.04 Å². The molecule has 1 aromatic carbocycles. The normalized spacial score (nSPS) is 20.6.